The highest BCUT2D eigenvalue weighted by molar-refractivity contribution is 6.38. The summed E-state index contributed by atoms with van der Waals surface area (Å²) in [6, 6.07) is 5.17. The van der Waals surface area contributed by atoms with Gasteiger partial charge >= 0.3 is 0 Å². The van der Waals surface area contributed by atoms with Gasteiger partial charge in [0.15, 0.2) is 0 Å². The van der Waals surface area contributed by atoms with Crippen LogP contribution >= 0.6 is 23.2 Å². The van der Waals surface area contributed by atoms with Gasteiger partial charge in [0.25, 0.3) is 0 Å². The summed E-state index contributed by atoms with van der Waals surface area (Å²) in [5, 5.41) is 12.2. The minimum absolute atomic E-state index is 0.0668. The molecule has 98 valence electrons. The van der Waals surface area contributed by atoms with E-state index in [1.807, 2.05) is 6.92 Å². The number of benzene rings is 1. The summed E-state index contributed by atoms with van der Waals surface area (Å²) >= 11 is 11.9. The fraction of sp³-hybridized carbons (Fsp3) is 0.273. The fourth-order valence-electron chi connectivity index (χ4n) is 1.04. The molecule has 0 aliphatic heterocycles. The van der Waals surface area contributed by atoms with Gasteiger partial charge in [0.2, 0.25) is 5.96 Å². The third-order valence-electron chi connectivity index (χ3n) is 1.85. The van der Waals surface area contributed by atoms with Crippen LogP contribution in [0.1, 0.15) is 18.9 Å². The standard InChI is InChI=1S/C11H14Cl2N4O/c1-2-6-18-17-11(14)16-15-7-8-9(12)4-3-5-10(8)13/h3-5,7H,2,6H2,1H3,(H3,14,16,17). The second-order valence-corrected chi connectivity index (χ2v) is 4.15. The van der Waals surface area contributed by atoms with Crippen LogP contribution in [-0.2, 0) is 4.84 Å². The molecule has 1 aromatic carbocycles. The molecule has 0 bridgehead atoms. The molecule has 0 aliphatic rings. The Morgan fingerprint density at radius 3 is 2.72 bits per heavy atom. The maximum absolute atomic E-state index is 7.41. The number of halogens is 2. The van der Waals surface area contributed by atoms with Crippen LogP contribution in [-0.4, -0.2) is 18.8 Å². The number of guanidine groups is 1. The van der Waals surface area contributed by atoms with E-state index in [1.54, 1.807) is 18.2 Å². The fourth-order valence-corrected chi connectivity index (χ4v) is 1.54. The number of hydroxylamine groups is 1. The van der Waals surface area contributed by atoms with Crippen LogP contribution in [0.25, 0.3) is 0 Å². The highest BCUT2D eigenvalue weighted by atomic mass is 35.5. The monoisotopic (exact) mass is 288 g/mol. The van der Waals surface area contributed by atoms with Gasteiger partial charge in [0.1, 0.15) is 0 Å². The Balaban J connectivity index is 2.47. The van der Waals surface area contributed by atoms with Crippen molar-refractivity contribution in [3.63, 3.8) is 0 Å². The van der Waals surface area contributed by atoms with Crippen molar-refractivity contribution >= 4 is 35.4 Å². The second kappa shape index (κ2) is 7.92. The van der Waals surface area contributed by atoms with Gasteiger partial charge in [-0.05, 0) is 18.6 Å². The van der Waals surface area contributed by atoms with Crippen LogP contribution in [0, 0.1) is 5.41 Å². The molecule has 0 saturated heterocycles. The molecule has 0 spiro atoms. The van der Waals surface area contributed by atoms with Crippen molar-refractivity contribution < 1.29 is 4.84 Å². The SMILES string of the molecule is CCCONC(=N)NN=Cc1c(Cl)cccc1Cl. The Kier molecular flexibility index (Phi) is 6.49. The summed E-state index contributed by atoms with van der Waals surface area (Å²) in [7, 11) is 0. The lowest BCUT2D eigenvalue weighted by atomic mass is 10.2. The molecule has 5 nitrogen and oxygen atoms in total. The normalized spacial score (nSPS) is 10.6. The van der Waals surface area contributed by atoms with Gasteiger partial charge in [0.05, 0.1) is 22.9 Å². The minimum atomic E-state index is -0.0668. The average molecular weight is 289 g/mol. The largest absolute Gasteiger partial charge is 0.274 e. The van der Waals surface area contributed by atoms with Crippen molar-refractivity contribution in [2.45, 2.75) is 13.3 Å². The van der Waals surface area contributed by atoms with Crippen molar-refractivity contribution in [2.75, 3.05) is 6.61 Å². The lowest BCUT2D eigenvalue weighted by molar-refractivity contribution is 0.0825. The summed E-state index contributed by atoms with van der Waals surface area (Å²) in [5.41, 5.74) is 5.43. The zero-order valence-corrected chi connectivity index (χ0v) is 11.3. The summed E-state index contributed by atoms with van der Waals surface area (Å²) in [6.07, 6.45) is 2.31. The quantitative estimate of drug-likeness (QED) is 0.338. The van der Waals surface area contributed by atoms with E-state index in [0.717, 1.165) is 6.42 Å². The van der Waals surface area contributed by atoms with Crippen LogP contribution in [0.5, 0.6) is 0 Å². The molecule has 0 heterocycles. The molecule has 0 saturated carbocycles. The van der Waals surface area contributed by atoms with E-state index in [-0.39, 0.29) is 5.96 Å². The van der Waals surface area contributed by atoms with Crippen molar-refractivity contribution in [2.24, 2.45) is 5.10 Å². The highest BCUT2D eigenvalue weighted by Gasteiger charge is 2.01. The average Bonchev–Trinajstić information content (AvgIpc) is 2.33. The molecule has 1 rings (SSSR count). The summed E-state index contributed by atoms with van der Waals surface area (Å²) in [4.78, 5) is 4.93. The molecule has 0 fully saturated rings. The number of nitrogens with zero attached hydrogens (tertiary/aromatic N) is 1. The Morgan fingerprint density at radius 2 is 2.11 bits per heavy atom. The van der Waals surface area contributed by atoms with Gasteiger partial charge in [-0.15, -0.1) is 0 Å². The predicted octanol–water partition coefficient (Wildman–Crippen LogP) is 2.78. The van der Waals surface area contributed by atoms with Gasteiger partial charge in [-0.2, -0.15) is 5.10 Å². The molecule has 0 unspecified atom stereocenters. The van der Waals surface area contributed by atoms with E-state index >= 15 is 0 Å². The highest BCUT2D eigenvalue weighted by Crippen LogP contribution is 2.21. The summed E-state index contributed by atoms with van der Waals surface area (Å²) < 4.78 is 0. The van der Waals surface area contributed by atoms with Crippen LogP contribution in [0.15, 0.2) is 23.3 Å². The Bertz CT molecular complexity index is 417. The van der Waals surface area contributed by atoms with Gasteiger partial charge in [-0.25, -0.2) is 10.9 Å². The maximum Gasteiger partial charge on any atom is 0.233 e. The van der Waals surface area contributed by atoms with Gasteiger partial charge in [0, 0.05) is 5.56 Å². The molecule has 0 aliphatic carbocycles. The molecule has 0 radical (unpaired) electrons. The topological polar surface area (TPSA) is 69.5 Å². The smallest absolute Gasteiger partial charge is 0.233 e. The number of nitrogens with one attached hydrogen (secondary N) is 3. The van der Waals surface area contributed by atoms with Crippen LogP contribution in [0.2, 0.25) is 10.0 Å². The van der Waals surface area contributed by atoms with E-state index in [2.05, 4.69) is 16.0 Å². The molecule has 0 atom stereocenters. The number of rotatable bonds is 5. The first kappa shape index (κ1) is 14.8. The number of hydrogen-bond donors (Lipinski definition) is 3. The first-order valence-corrected chi connectivity index (χ1v) is 6.10. The van der Waals surface area contributed by atoms with Crippen LogP contribution in [0.4, 0.5) is 0 Å². The molecular weight excluding hydrogens is 275 g/mol. The van der Waals surface area contributed by atoms with Crippen LogP contribution < -0.4 is 10.9 Å². The van der Waals surface area contributed by atoms with E-state index < -0.39 is 0 Å². The van der Waals surface area contributed by atoms with E-state index in [0.29, 0.717) is 22.2 Å². The lowest BCUT2D eigenvalue weighted by Crippen LogP contribution is -2.33. The minimum Gasteiger partial charge on any atom is -0.274 e. The molecule has 0 amide bonds. The summed E-state index contributed by atoms with van der Waals surface area (Å²) in [6.45, 7) is 2.49. The van der Waals surface area contributed by atoms with E-state index in [4.69, 9.17) is 33.4 Å². The zero-order valence-electron chi connectivity index (χ0n) is 9.84. The van der Waals surface area contributed by atoms with Crippen LogP contribution in [0.3, 0.4) is 0 Å². The second-order valence-electron chi connectivity index (χ2n) is 3.33. The molecule has 3 N–H and O–H groups in total. The number of hydrazone groups is 1. The van der Waals surface area contributed by atoms with E-state index in [9.17, 15) is 0 Å². The first-order chi connectivity index (χ1) is 8.65. The maximum atomic E-state index is 7.41. The number of hydrogen-bond acceptors (Lipinski definition) is 3. The van der Waals surface area contributed by atoms with Gasteiger partial charge < -0.3 is 0 Å². The van der Waals surface area contributed by atoms with Gasteiger partial charge in [-0.1, -0.05) is 36.2 Å². The van der Waals surface area contributed by atoms with E-state index in [1.165, 1.54) is 6.21 Å². The predicted molar refractivity (Wildman–Crippen MR) is 74.3 cm³/mol. The third kappa shape index (κ3) is 4.91. The third-order valence-corrected chi connectivity index (χ3v) is 2.51. The zero-order chi connectivity index (χ0) is 13.4. The Hall–Kier alpha value is -1.30. The molecule has 18 heavy (non-hydrogen) atoms. The summed E-state index contributed by atoms with van der Waals surface area (Å²) in [5.74, 6) is -0.0668. The lowest BCUT2D eigenvalue weighted by Gasteiger charge is -2.06. The molecule has 0 aromatic heterocycles. The first-order valence-electron chi connectivity index (χ1n) is 5.34. The van der Waals surface area contributed by atoms with Crippen molar-refractivity contribution in [3.05, 3.63) is 33.8 Å². The Morgan fingerprint density at radius 1 is 1.44 bits per heavy atom. The van der Waals surface area contributed by atoms with Crippen molar-refractivity contribution in [1.82, 2.24) is 10.9 Å². The van der Waals surface area contributed by atoms with Crippen molar-refractivity contribution in [3.8, 4) is 0 Å². The molecule has 1 aromatic rings. The van der Waals surface area contributed by atoms with Gasteiger partial charge in [-0.3, -0.25) is 10.2 Å². The molecule has 7 heteroatoms. The molecular formula is C11H14Cl2N4O. The Labute approximate surface area is 116 Å². The van der Waals surface area contributed by atoms with Crippen molar-refractivity contribution in [1.29, 1.82) is 5.41 Å².